The molecule has 0 spiro atoms. The van der Waals surface area contributed by atoms with Gasteiger partial charge in [0.15, 0.2) is 0 Å². The minimum atomic E-state index is -0.331. The second-order valence-corrected chi connectivity index (χ2v) is 6.76. The van der Waals surface area contributed by atoms with Crippen LogP contribution in [-0.4, -0.2) is 48.7 Å². The third-order valence-corrected chi connectivity index (χ3v) is 4.33. The number of ketones is 1. The lowest BCUT2D eigenvalue weighted by Gasteiger charge is -2.06. The van der Waals surface area contributed by atoms with Crippen LogP contribution in [0.5, 0.6) is 0 Å². The number of Topliss-reactive ketones (excluding diaryl/α,β-unsaturated/α-hetero) is 1. The zero-order valence-corrected chi connectivity index (χ0v) is 16.6. The van der Waals surface area contributed by atoms with Crippen molar-refractivity contribution >= 4 is 17.7 Å². The third-order valence-electron chi connectivity index (χ3n) is 4.33. The van der Waals surface area contributed by atoms with Crippen molar-refractivity contribution in [1.82, 2.24) is 9.88 Å². The highest BCUT2D eigenvalue weighted by atomic mass is 16.5. The minimum Gasteiger partial charge on any atom is -0.465 e. The van der Waals surface area contributed by atoms with Gasteiger partial charge in [0.05, 0.1) is 18.9 Å². The molecule has 0 N–H and O–H groups in total. The van der Waals surface area contributed by atoms with E-state index in [1.54, 1.807) is 20.2 Å². The van der Waals surface area contributed by atoms with E-state index in [1.165, 1.54) is 18.2 Å². The van der Waals surface area contributed by atoms with Crippen molar-refractivity contribution in [3.8, 4) is 0 Å². The van der Waals surface area contributed by atoms with Gasteiger partial charge >= 0.3 is 5.97 Å². The van der Waals surface area contributed by atoms with E-state index in [2.05, 4.69) is 4.98 Å². The van der Waals surface area contributed by atoms with E-state index in [9.17, 15) is 14.4 Å². The first-order valence-corrected chi connectivity index (χ1v) is 9.30. The van der Waals surface area contributed by atoms with Crippen LogP contribution in [0, 0.1) is 0 Å². The first-order valence-electron chi connectivity index (χ1n) is 9.30. The molecule has 0 radical (unpaired) electrons. The van der Waals surface area contributed by atoms with Crippen molar-refractivity contribution in [2.45, 2.75) is 38.5 Å². The second kappa shape index (κ2) is 10.4. The maximum absolute atomic E-state index is 12.1. The highest BCUT2D eigenvalue weighted by molar-refractivity contribution is 5.94. The Morgan fingerprint density at radius 2 is 1.86 bits per heavy atom. The molecule has 0 aliphatic rings. The molecule has 7 heteroatoms. The number of hydrogen-bond acceptors (Lipinski definition) is 6. The molecule has 0 unspecified atom stereocenters. The Bertz CT molecular complexity index is 826. The Morgan fingerprint density at radius 3 is 2.57 bits per heavy atom. The molecule has 0 aliphatic heterocycles. The number of rotatable bonds is 10. The molecular weight excluding hydrogens is 360 g/mol. The van der Waals surface area contributed by atoms with Gasteiger partial charge in [0.25, 0.3) is 11.8 Å². The summed E-state index contributed by atoms with van der Waals surface area (Å²) in [6.07, 6.45) is 6.10. The van der Waals surface area contributed by atoms with Crippen molar-refractivity contribution in [2.24, 2.45) is 0 Å². The van der Waals surface area contributed by atoms with Gasteiger partial charge in [-0.2, -0.15) is 0 Å². The van der Waals surface area contributed by atoms with Gasteiger partial charge < -0.3 is 14.1 Å². The monoisotopic (exact) mass is 386 g/mol. The summed E-state index contributed by atoms with van der Waals surface area (Å²) in [6, 6.07) is 7.43. The number of nitrogens with zero attached hydrogens (tertiary/aromatic N) is 2. The summed E-state index contributed by atoms with van der Waals surface area (Å²) in [5, 5.41) is 0. The van der Waals surface area contributed by atoms with Gasteiger partial charge in [-0.25, -0.2) is 9.78 Å². The van der Waals surface area contributed by atoms with E-state index in [4.69, 9.17) is 9.15 Å². The molecule has 1 aromatic carbocycles. The fraction of sp³-hybridized carbons (Fsp3) is 0.429. The van der Waals surface area contributed by atoms with E-state index < -0.39 is 0 Å². The van der Waals surface area contributed by atoms with Crippen LogP contribution in [-0.2, 0) is 11.2 Å². The van der Waals surface area contributed by atoms with Crippen LogP contribution in [0.3, 0.4) is 0 Å². The molecule has 0 atom stereocenters. The number of benzene rings is 1. The predicted molar refractivity (Wildman–Crippen MR) is 103 cm³/mol. The van der Waals surface area contributed by atoms with Crippen LogP contribution >= 0.6 is 0 Å². The third kappa shape index (κ3) is 6.04. The van der Waals surface area contributed by atoms with Crippen molar-refractivity contribution in [1.29, 1.82) is 0 Å². The normalized spacial score (nSPS) is 10.5. The Hall–Kier alpha value is -2.96. The maximum Gasteiger partial charge on any atom is 0.337 e. The number of oxazole rings is 1. The number of methoxy groups -OCH3 is 1. The average Bonchev–Trinajstić information content (AvgIpc) is 3.19. The summed E-state index contributed by atoms with van der Waals surface area (Å²) in [7, 11) is 4.59. The molecule has 1 heterocycles. The predicted octanol–water partition coefficient (Wildman–Crippen LogP) is 3.54. The van der Waals surface area contributed by atoms with E-state index in [0.717, 1.165) is 37.7 Å². The van der Waals surface area contributed by atoms with E-state index in [0.29, 0.717) is 12.0 Å². The van der Waals surface area contributed by atoms with Crippen molar-refractivity contribution in [3.63, 3.8) is 0 Å². The molecule has 0 bridgehead atoms. The minimum absolute atomic E-state index is 0.00942. The molecule has 0 fully saturated rings. The molecule has 7 nitrogen and oxygen atoms in total. The summed E-state index contributed by atoms with van der Waals surface area (Å²) in [5.41, 5.74) is 1.65. The highest BCUT2D eigenvalue weighted by Gasteiger charge is 2.18. The lowest BCUT2D eigenvalue weighted by atomic mass is 10.0. The van der Waals surface area contributed by atoms with Crippen LogP contribution in [0.4, 0.5) is 0 Å². The number of hydrogen-bond donors (Lipinski definition) is 0. The number of amides is 1. The number of unbranched alkanes of at least 4 members (excludes halogenated alkanes) is 3. The molecule has 0 saturated heterocycles. The van der Waals surface area contributed by atoms with Gasteiger partial charge in [-0.15, -0.1) is 0 Å². The number of aryl methyl sites for hydroxylation is 1. The summed E-state index contributed by atoms with van der Waals surface area (Å²) >= 11 is 0. The molecule has 2 aromatic rings. The second-order valence-electron chi connectivity index (χ2n) is 6.76. The first-order chi connectivity index (χ1) is 13.4. The van der Waals surface area contributed by atoms with E-state index >= 15 is 0 Å². The Morgan fingerprint density at radius 1 is 1.11 bits per heavy atom. The zero-order chi connectivity index (χ0) is 20.5. The fourth-order valence-corrected chi connectivity index (χ4v) is 2.77. The molecule has 1 amide bonds. The molecule has 28 heavy (non-hydrogen) atoms. The van der Waals surface area contributed by atoms with Crippen molar-refractivity contribution in [3.05, 3.63) is 53.2 Å². The lowest BCUT2D eigenvalue weighted by Crippen LogP contribution is -2.20. The summed E-state index contributed by atoms with van der Waals surface area (Å²) in [6.45, 7) is 0. The standard InChI is InChI=1S/C21H26N2O5/c1-23(2)20(25)18-14-22-19(28-18)17(24)12-7-5-4-6-9-15-10-8-11-16(13-15)21(26)27-3/h8,10-11,13-14H,4-7,9,12H2,1-3H3. The zero-order valence-electron chi connectivity index (χ0n) is 16.6. The largest absolute Gasteiger partial charge is 0.465 e. The highest BCUT2D eigenvalue weighted by Crippen LogP contribution is 2.14. The Kier molecular flexibility index (Phi) is 7.92. The average molecular weight is 386 g/mol. The van der Waals surface area contributed by atoms with Gasteiger partial charge in [-0.3, -0.25) is 9.59 Å². The number of esters is 1. The summed E-state index contributed by atoms with van der Waals surface area (Å²) in [4.78, 5) is 40.7. The molecule has 1 aromatic heterocycles. The molecule has 0 aliphatic carbocycles. The van der Waals surface area contributed by atoms with Crippen LogP contribution in [0.2, 0.25) is 0 Å². The van der Waals surface area contributed by atoms with Gasteiger partial charge in [-0.05, 0) is 37.0 Å². The smallest absolute Gasteiger partial charge is 0.337 e. The number of aromatic nitrogens is 1. The molecule has 0 saturated carbocycles. The van der Waals surface area contributed by atoms with E-state index in [1.807, 2.05) is 18.2 Å². The Balaban J connectivity index is 1.69. The van der Waals surface area contributed by atoms with Gasteiger partial charge in [0.2, 0.25) is 11.5 Å². The van der Waals surface area contributed by atoms with Crippen LogP contribution in [0.25, 0.3) is 0 Å². The number of ether oxygens (including phenoxy) is 1. The quantitative estimate of drug-likeness (QED) is 0.352. The maximum atomic E-state index is 12.1. The lowest BCUT2D eigenvalue weighted by molar-refractivity contribution is 0.0600. The van der Waals surface area contributed by atoms with Crippen LogP contribution in [0.15, 0.2) is 34.9 Å². The molecule has 150 valence electrons. The van der Waals surface area contributed by atoms with Gasteiger partial charge in [0, 0.05) is 20.5 Å². The fourth-order valence-electron chi connectivity index (χ4n) is 2.77. The number of carbonyl (C=O) groups excluding carboxylic acids is 3. The van der Waals surface area contributed by atoms with Crippen molar-refractivity contribution in [2.75, 3.05) is 21.2 Å². The SMILES string of the molecule is COC(=O)c1cccc(CCCCCCC(=O)c2ncc(C(=O)N(C)C)o2)c1. The van der Waals surface area contributed by atoms with Crippen LogP contribution in [0.1, 0.15) is 69.3 Å². The number of carbonyl (C=O) groups is 3. The summed E-state index contributed by atoms with van der Waals surface area (Å²) in [5.74, 6) is -0.777. The Labute approximate surface area is 164 Å². The van der Waals surface area contributed by atoms with E-state index in [-0.39, 0.29) is 29.3 Å². The van der Waals surface area contributed by atoms with Gasteiger partial charge in [-0.1, -0.05) is 25.0 Å². The molecular formula is C21H26N2O5. The van der Waals surface area contributed by atoms with Gasteiger partial charge in [0.1, 0.15) is 0 Å². The molecule has 2 rings (SSSR count). The summed E-state index contributed by atoms with van der Waals surface area (Å²) < 4.78 is 9.98. The van der Waals surface area contributed by atoms with Crippen LogP contribution < -0.4 is 0 Å². The van der Waals surface area contributed by atoms with Crippen molar-refractivity contribution < 1.29 is 23.5 Å². The first kappa shape index (κ1) is 21.3. The topological polar surface area (TPSA) is 89.7 Å².